The summed E-state index contributed by atoms with van der Waals surface area (Å²) in [6.45, 7) is 0.314. The number of fused-ring (bicyclic) bond motifs is 1. The molecule has 1 aromatic carbocycles. The molecule has 30 heavy (non-hydrogen) atoms. The van der Waals surface area contributed by atoms with E-state index >= 15 is 0 Å². The van der Waals surface area contributed by atoms with E-state index in [1.165, 1.54) is 23.0 Å². The minimum absolute atomic E-state index is 0.0218. The molecular weight excluding hydrogens is 412 g/mol. The predicted octanol–water partition coefficient (Wildman–Crippen LogP) is 0.788. The molecule has 0 bridgehead atoms. The van der Waals surface area contributed by atoms with Crippen molar-refractivity contribution >= 4 is 26.9 Å². The molecule has 10 nitrogen and oxygen atoms in total. The number of hydrogen-bond donors (Lipinski definition) is 3. The summed E-state index contributed by atoms with van der Waals surface area (Å²) in [6, 6.07) is 11.0. The Bertz CT molecular complexity index is 1220. The number of sulfonamides is 1. The Labute approximate surface area is 172 Å². The number of hydrogen-bond acceptors (Lipinski definition) is 7. The molecule has 3 N–H and O–H groups in total. The van der Waals surface area contributed by atoms with E-state index in [0.29, 0.717) is 6.54 Å². The van der Waals surface area contributed by atoms with E-state index < -0.39 is 21.9 Å². The Hall–Kier alpha value is -3.44. The number of nitrogens with one attached hydrogen (secondary N) is 2. The fraction of sp³-hybridized carbons (Fsp3) is 0.211. The molecule has 158 valence electrons. The van der Waals surface area contributed by atoms with Crippen molar-refractivity contribution in [3.63, 3.8) is 0 Å². The van der Waals surface area contributed by atoms with Gasteiger partial charge in [-0.15, -0.1) is 0 Å². The lowest BCUT2D eigenvalue weighted by Crippen LogP contribution is -2.35. The first-order chi connectivity index (χ1) is 14.2. The van der Waals surface area contributed by atoms with Crippen LogP contribution in [-0.2, 0) is 16.6 Å². The molecule has 11 heteroatoms. The van der Waals surface area contributed by atoms with Crippen LogP contribution in [0.15, 0.2) is 53.6 Å². The van der Waals surface area contributed by atoms with E-state index in [1.54, 1.807) is 0 Å². The lowest BCUT2D eigenvalue weighted by molar-refractivity contribution is 0.197. The lowest BCUT2D eigenvalue weighted by atomic mass is 10.2. The summed E-state index contributed by atoms with van der Waals surface area (Å²) in [5.41, 5.74) is 0.597. The van der Waals surface area contributed by atoms with Crippen molar-refractivity contribution in [1.82, 2.24) is 19.6 Å². The number of benzene rings is 1. The minimum atomic E-state index is -3.37. The predicted molar refractivity (Wildman–Crippen MR) is 110 cm³/mol. The second kappa shape index (κ2) is 8.93. The molecule has 0 atom stereocenters. The topological polar surface area (TPSA) is 140 Å². The Kier molecular flexibility index (Phi) is 6.33. The van der Waals surface area contributed by atoms with Gasteiger partial charge in [-0.05, 0) is 11.6 Å². The standard InChI is InChI=1S/C19H20N4O6S/c1-30(27,28)22-9-8-20-19(26)29-17-16(24)14-7-10-23(18(25)15(14)11-21-17)12-13-5-3-2-4-6-13/h2-7,10-11,22,24H,8-9,12H2,1H3,(H,20,26). The zero-order valence-corrected chi connectivity index (χ0v) is 16.8. The molecule has 0 fully saturated rings. The van der Waals surface area contributed by atoms with Crippen molar-refractivity contribution in [3.05, 3.63) is 64.7 Å². The van der Waals surface area contributed by atoms with Gasteiger partial charge in [0.1, 0.15) is 0 Å². The van der Waals surface area contributed by atoms with Gasteiger partial charge in [0.2, 0.25) is 10.0 Å². The van der Waals surface area contributed by atoms with Gasteiger partial charge in [0.25, 0.3) is 11.4 Å². The van der Waals surface area contributed by atoms with Gasteiger partial charge < -0.3 is 19.7 Å². The number of nitrogens with zero attached hydrogens (tertiary/aromatic N) is 2. The van der Waals surface area contributed by atoms with Crippen LogP contribution in [0.25, 0.3) is 10.8 Å². The number of rotatable bonds is 7. The molecule has 2 aromatic heterocycles. The summed E-state index contributed by atoms with van der Waals surface area (Å²) in [6.07, 6.45) is 2.84. The first kappa shape index (κ1) is 21.3. The maximum absolute atomic E-state index is 12.7. The number of aromatic nitrogens is 2. The van der Waals surface area contributed by atoms with Gasteiger partial charge >= 0.3 is 6.09 Å². The van der Waals surface area contributed by atoms with Crippen molar-refractivity contribution in [1.29, 1.82) is 0 Å². The van der Waals surface area contributed by atoms with E-state index in [-0.39, 0.29) is 35.3 Å². The summed E-state index contributed by atoms with van der Waals surface area (Å²) < 4.78 is 30.6. The van der Waals surface area contributed by atoms with Crippen molar-refractivity contribution < 1.29 is 23.1 Å². The summed E-state index contributed by atoms with van der Waals surface area (Å²) in [4.78, 5) is 28.4. The molecule has 0 aliphatic heterocycles. The highest BCUT2D eigenvalue weighted by atomic mass is 32.2. The van der Waals surface area contributed by atoms with Gasteiger partial charge in [0.05, 0.1) is 18.2 Å². The van der Waals surface area contributed by atoms with Gasteiger partial charge in [-0.1, -0.05) is 30.3 Å². The third kappa shape index (κ3) is 5.33. The Morgan fingerprint density at radius 2 is 1.90 bits per heavy atom. The highest BCUT2D eigenvalue weighted by Crippen LogP contribution is 2.30. The number of carbonyl (C=O) groups is 1. The summed E-state index contributed by atoms with van der Waals surface area (Å²) >= 11 is 0. The van der Waals surface area contributed by atoms with Crippen LogP contribution < -0.4 is 20.3 Å². The Balaban J connectivity index is 1.73. The molecule has 0 radical (unpaired) electrons. The highest BCUT2D eigenvalue weighted by Gasteiger charge is 2.16. The van der Waals surface area contributed by atoms with E-state index in [1.807, 2.05) is 30.3 Å². The van der Waals surface area contributed by atoms with Crippen LogP contribution >= 0.6 is 0 Å². The fourth-order valence-electron chi connectivity index (χ4n) is 2.73. The third-order valence-corrected chi connectivity index (χ3v) is 4.84. The SMILES string of the molecule is CS(=O)(=O)NCCNC(=O)Oc1ncc2c(=O)n(Cc3ccccc3)ccc2c1O. The van der Waals surface area contributed by atoms with Crippen molar-refractivity contribution in [2.45, 2.75) is 6.54 Å². The van der Waals surface area contributed by atoms with E-state index in [4.69, 9.17) is 4.74 Å². The van der Waals surface area contributed by atoms with Gasteiger partial charge in [-0.2, -0.15) is 0 Å². The monoisotopic (exact) mass is 432 g/mol. The largest absolute Gasteiger partial charge is 0.503 e. The third-order valence-electron chi connectivity index (χ3n) is 4.11. The van der Waals surface area contributed by atoms with Crippen LogP contribution in [0.3, 0.4) is 0 Å². The van der Waals surface area contributed by atoms with Crippen LogP contribution in [-0.4, -0.2) is 48.5 Å². The lowest BCUT2D eigenvalue weighted by Gasteiger charge is -2.11. The molecule has 0 saturated carbocycles. The molecule has 0 saturated heterocycles. The summed E-state index contributed by atoms with van der Waals surface area (Å²) in [5.74, 6) is -0.808. The van der Waals surface area contributed by atoms with Crippen LogP contribution in [0, 0.1) is 0 Å². The van der Waals surface area contributed by atoms with Gasteiger partial charge in [0, 0.05) is 30.9 Å². The van der Waals surface area contributed by atoms with Crippen LogP contribution in [0.5, 0.6) is 11.6 Å². The molecule has 3 aromatic rings. The van der Waals surface area contributed by atoms with Gasteiger partial charge in [0.15, 0.2) is 5.75 Å². The van der Waals surface area contributed by atoms with Gasteiger partial charge in [-0.3, -0.25) is 4.79 Å². The van der Waals surface area contributed by atoms with Crippen LogP contribution in [0.1, 0.15) is 5.56 Å². The zero-order chi connectivity index (χ0) is 21.7. The second-order valence-corrected chi connectivity index (χ2v) is 8.29. The average Bonchev–Trinajstić information content (AvgIpc) is 2.70. The highest BCUT2D eigenvalue weighted by molar-refractivity contribution is 7.88. The first-order valence-corrected chi connectivity index (χ1v) is 10.8. The molecular formula is C19H20N4O6S. The molecule has 1 amide bonds. The van der Waals surface area contributed by atoms with Crippen molar-refractivity contribution in [2.75, 3.05) is 19.3 Å². The average molecular weight is 432 g/mol. The summed E-state index contributed by atoms with van der Waals surface area (Å²) in [5, 5.41) is 13.1. The summed E-state index contributed by atoms with van der Waals surface area (Å²) in [7, 11) is -3.37. The molecule has 0 aliphatic carbocycles. The van der Waals surface area contributed by atoms with Gasteiger partial charge in [-0.25, -0.2) is 22.9 Å². The number of carbonyl (C=O) groups excluding carboxylic acids is 1. The van der Waals surface area contributed by atoms with Crippen LogP contribution in [0.4, 0.5) is 4.79 Å². The Morgan fingerprint density at radius 3 is 2.60 bits per heavy atom. The van der Waals surface area contributed by atoms with Crippen molar-refractivity contribution in [3.8, 4) is 11.6 Å². The number of ether oxygens (including phenoxy) is 1. The molecule has 0 unspecified atom stereocenters. The number of amides is 1. The molecule has 0 aliphatic rings. The maximum Gasteiger partial charge on any atom is 0.414 e. The normalized spacial score (nSPS) is 11.4. The second-order valence-electron chi connectivity index (χ2n) is 6.46. The fourth-order valence-corrected chi connectivity index (χ4v) is 3.20. The minimum Gasteiger partial charge on any atom is -0.503 e. The zero-order valence-electron chi connectivity index (χ0n) is 16.0. The number of pyridine rings is 2. The molecule has 0 spiro atoms. The Morgan fingerprint density at radius 1 is 1.17 bits per heavy atom. The van der Waals surface area contributed by atoms with E-state index in [9.17, 15) is 23.1 Å². The van der Waals surface area contributed by atoms with Crippen molar-refractivity contribution in [2.24, 2.45) is 0 Å². The molecule has 3 rings (SSSR count). The maximum atomic E-state index is 12.7. The number of aromatic hydroxyl groups is 1. The molecule has 2 heterocycles. The smallest absolute Gasteiger partial charge is 0.414 e. The first-order valence-electron chi connectivity index (χ1n) is 8.90. The van der Waals surface area contributed by atoms with E-state index in [0.717, 1.165) is 11.8 Å². The quantitative estimate of drug-likeness (QED) is 0.469. The van der Waals surface area contributed by atoms with Crippen LogP contribution in [0.2, 0.25) is 0 Å². The van der Waals surface area contributed by atoms with E-state index in [2.05, 4.69) is 15.0 Å².